The summed E-state index contributed by atoms with van der Waals surface area (Å²) in [5.74, 6) is 0.181. The van der Waals surface area contributed by atoms with E-state index in [-0.39, 0.29) is 12.0 Å². The Morgan fingerprint density at radius 3 is 2.47 bits per heavy atom. The maximum atomic E-state index is 12.0. The first-order chi connectivity index (χ1) is 8.04. The van der Waals surface area contributed by atoms with Gasteiger partial charge in [-0.05, 0) is 18.3 Å². The lowest BCUT2D eigenvalue weighted by Gasteiger charge is -2.39. The van der Waals surface area contributed by atoms with Gasteiger partial charge in [0.1, 0.15) is 0 Å². The first kappa shape index (κ1) is 14.5. The van der Waals surface area contributed by atoms with Gasteiger partial charge in [-0.1, -0.05) is 20.3 Å². The molecule has 4 heteroatoms. The number of ether oxygens (including phenoxy) is 1. The number of carbonyl (C=O) groups is 1. The minimum Gasteiger partial charge on any atom is -0.380 e. The molecule has 1 atom stereocenters. The Morgan fingerprint density at radius 1 is 1.47 bits per heavy atom. The van der Waals surface area contributed by atoms with Crippen LogP contribution in [0.3, 0.4) is 0 Å². The minimum absolute atomic E-state index is 0.137. The van der Waals surface area contributed by atoms with Gasteiger partial charge in [0.05, 0.1) is 12.5 Å². The van der Waals surface area contributed by atoms with E-state index in [2.05, 4.69) is 13.8 Å². The van der Waals surface area contributed by atoms with Crippen molar-refractivity contribution in [2.24, 2.45) is 11.1 Å². The first-order valence-electron chi connectivity index (χ1n) is 6.55. The van der Waals surface area contributed by atoms with E-state index in [0.29, 0.717) is 18.4 Å². The lowest BCUT2D eigenvalue weighted by molar-refractivity contribution is -0.135. The molecule has 1 saturated heterocycles. The molecule has 100 valence electrons. The Balaban J connectivity index is 2.40. The van der Waals surface area contributed by atoms with Gasteiger partial charge in [-0.3, -0.25) is 4.79 Å². The number of methoxy groups -OCH3 is 1. The summed E-state index contributed by atoms with van der Waals surface area (Å²) in [5, 5.41) is 0. The predicted octanol–water partition coefficient (Wildman–Crippen LogP) is 1.39. The fraction of sp³-hybridized carbons (Fsp3) is 0.923. The topological polar surface area (TPSA) is 55.6 Å². The third-order valence-electron chi connectivity index (χ3n) is 4.18. The Labute approximate surface area is 104 Å². The molecule has 0 aromatic carbocycles. The average Bonchev–Trinajstić information content (AvgIpc) is 2.36. The fourth-order valence-corrected chi connectivity index (χ4v) is 2.24. The highest BCUT2D eigenvalue weighted by atomic mass is 16.5. The number of piperidine rings is 1. The molecule has 0 spiro atoms. The van der Waals surface area contributed by atoms with E-state index in [0.717, 1.165) is 25.9 Å². The molecular formula is C13H26N2O2. The number of carbonyl (C=O) groups excluding carboxylic acids is 1. The number of hydrogen-bond acceptors (Lipinski definition) is 3. The average molecular weight is 242 g/mol. The molecule has 17 heavy (non-hydrogen) atoms. The second-order valence-corrected chi connectivity index (χ2v) is 5.34. The molecule has 0 radical (unpaired) electrons. The van der Waals surface area contributed by atoms with E-state index in [4.69, 9.17) is 10.5 Å². The monoisotopic (exact) mass is 242 g/mol. The normalized spacial score (nSPS) is 21.3. The van der Waals surface area contributed by atoms with E-state index in [1.807, 2.05) is 4.90 Å². The van der Waals surface area contributed by atoms with Crippen molar-refractivity contribution in [3.8, 4) is 0 Å². The van der Waals surface area contributed by atoms with Gasteiger partial charge in [0, 0.05) is 26.7 Å². The third-order valence-corrected chi connectivity index (χ3v) is 4.18. The van der Waals surface area contributed by atoms with Crippen LogP contribution in [0.2, 0.25) is 0 Å². The summed E-state index contributed by atoms with van der Waals surface area (Å²) in [6, 6.07) is 0. The van der Waals surface area contributed by atoms with Crippen molar-refractivity contribution in [1.29, 1.82) is 0 Å². The van der Waals surface area contributed by atoms with Crippen molar-refractivity contribution in [1.82, 2.24) is 4.90 Å². The molecule has 1 unspecified atom stereocenters. The number of nitrogens with two attached hydrogens (primary N) is 1. The van der Waals surface area contributed by atoms with Gasteiger partial charge in [-0.2, -0.15) is 0 Å². The molecule has 0 aromatic rings. The van der Waals surface area contributed by atoms with E-state index in [1.165, 1.54) is 6.42 Å². The van der Waals surface area contributed by atoms with Gasteiger partial charge in [0.15, 0.2) is 0 Å². The lowest BCUT2D eigenvalue weighted by atomic mass is 9.78. The first-order valence-corrected chi connectivity index (χ1v) is 6.55. The molecule has 1 amide bonds. The Hall–Kier alpha value is -0.610. The zero-order valence-electron chi connectivity index (χ0n) is 11.4. The molecule has 1 rings (SSSR count). The molecule has 0 aromatic heterocycles. The van der Waals surface area contributed by atoms with Crippen LogP contribution in [0, 0.1) is 5.41 Å². The highest BCUT2D eigenvalue weighted by molar-refractivity contribution is 5.76. The molecule has 1 aliphatic heterocycles. The van der Waals surface area contributed by atoms with Crippen molar-refractivity contribution in [2.75, 3.05) is 26.7 Å². The van der Waals surface area contributed by atoms with Gasteiger partial charge in [-0.15, -0.1) is 0 Å². The summed E-state index contributed by atoms with van der Waals surface area (Å²) in [6.07, 6.45) is 3.68. The lowest BCUT2D eigenvalue weighted by Crippen LogP contribution is -2.43. The summed E-state index contributed by atoms with van der Waals surface area (Å²) in [6.45, 7) is 6.70. The number of nitrogens with zero attached hydrogens (tertiary/aromatic N) is 1. The van der Waals surface area contributed by atoms with Crippen molar-refractivity contribution < 1.29 is 9.53 Å². The molecule has 1 aliphatic rings. The summed E-state index contributed by atoms with van der Waals surface area (Å²) in [5.41, 5.74) is 5.95. The van der Waals surface area contributed by atoms with E-state index in [9.17, 15) is 4.79 Å². The number of hydrogen-bond donors (Lipinski definition) is 1. The summed E-state index contributed by atoms with van der Waals surface area (Å²) in [7, 11) is 1.61. The van der Waals surface area contributed by atoms with E-state index in [1.54, 1.807) is 7.11 Å². The predicted molar refractivity (Wildman–Crippen MR) is 68.7 cm³/mol. The molecule has 1 heterocycles. The van der Waals surface area contributed by atoms with Gasteiger partial charge in [0.2, 0.25) is 5.91 Å². The van der Waals surface area contributed by atoms with Crippen molar-refractivity contribution in [3.05, 3.63) is 0 Å². The van der Waals surface area contributed by atoms with Crippen molar-refractivity contribution >= 4 is 5.91 Å². The maximum Gasteiger partial charge on any atom is 0.225 e. The number of likely N-dealkylation sites (tertiary alicyclic amines) is 1. The Kier molecular flexibility index (Phi) is 5.40. The van der Waals surface area contributed by atoms with E-state index >= 15 is 0 Å². The molecule has 0 saturated carbocycles. The Morgan fingerprint density at radius 2 is 2.06 bits per heavy atom. The van der Waals surface area contributed by atoms with E-state index < -0.39 is 0 Å². The number of amides is 1. The SMILES string of the molecule is CCC1(C)CCN(C(=O)CC(CN)OC)CC1. The highest BCUT2D eigenvalue weighted by Crippen LogP contribution is 2.34. The fourth-order valence-electron chi connectivity index (χ4n) is 2.24. The maximum absolute atomic E-state index is 12.0. The molecular weight excluding hydrogens is 216 g/mol. The van der Waals surface area contributed by atoms with Gasteiger partial charge in [0.25, 0.3) is 0 Å². The quantitative estimate of drug-likeness (QED) is 0.792. The standard InChI is InChI=1S/C13H26N2O2/c1-4-13(2)5-7-15(8-6-13)12(16)9-11(10-14)17-3/h11H,4-10,14H2,1-3H3. The van der Waals surface area contributed by atoms with Crippen LogP contribution in [0.1, 0.15) is 39.5 Å². The highest BCUT2D eigenvalue weighted by Gasteiger charge is 2.30. The largest absolute Gasteiger partial charge is 0.380 e. The third kappa shape index (κ3) is 3.96. The summed E-state index contributed by atoms with van der Waals surface area (Å²) in [4.78, 5) is 14.0. The van der Waals surface area contributed by atoms with Crippen molar-refractivity contribution in [2.45, 2.75) is 45.6 Å². The molecule has 0 bridgehead atoms. The minimum atomic E-state index is -0.137. The second kappa shape index (κ2) is 6.36. The van der Waals surface area contributed by atoms with Gasteiger partial charge in [-0.25, -0.2) is 0 Å². The van der Waals surface area contributed by atoms with Gasteiger partial charge < -0.3 is 15.4 Å². The molecule has 4 nitrogen and oxygen atoms in total. The molecule has 1 fully saturated rings. The van der Waals surface area contributed by atoms with Crippen LogP contribution < -0.4 is 5.73 Å². The molecule has 0 aliphatic carbocycles. The second-order valence-electron chi connectivity index (χ2n) is 5.34. The van der Waals surface area contributed by atoms with Crippen molar-refractivity contribution in [3.63, 3.8) is 0 Å². The van der Waals surface area contributed by atoms with Crippen LogP contribution in [0.5, 0.6) is 0 Å². The zero-order chi connectivity index (χ0) is 12.9. The van der Waals surface area contributed by atoms with Crippen LogP contribution in [0.4, 0.5) is 0 Å². The smallest absolute Gasteiger partial charge is 0.225 e. The summed E-state index contributed by atoms with van der Waals surface area (Å²) >= 11 is 0. The van der Waals surface area contributed by atoms with Crippen LogP contribution in [0.25, 0.3) is 0 Å². The van der Waals surface area contributed by atoms with Crippen LogP contribution in [-0.4, -0.2) is 43.7 Å². The molecule has 2 N–H and O–H groups in total. The summed E-state index contributed by atoms with van der Waals surface area (Å²) < 4.78 is 5.15. The van der Waals surface area contributed by atoms with Crippen LogP contribution in [0.15, 0.2) is 0 Å². The van der Waals surface area contributed by atoms with Crippen LogP contribution >= 0.6 is 0 Å². The Bertz CT molecular complexity index is 244. The number of rotatable bonds is 5. The zero-order valence-corrected chi connectivity index (χ0v) is 11.4. The van der Waals surface area contributed by atoms with Gasteiger partial charge >= 0.3 is 0 Å². The van der Waals surface area contributed by atoms with Crippen LogP contribution in [-0.2, 0) is 9.53 Å².